The molecular formula is C26H35N7O5. The number of aromatic nitrogens is 3. The number of imidazole rings is 1. The molecule has 0 bridgehead atoms. The van der Waals surface area contributed by atoms with E-state index in [1.54, 1.807) is 13.1 Å². The summed E-state index contributed by atoms with van der Waals surface area (Å²) < 4.78 is 0. The van der Waals surface area contributed by atoms with Crippen LogP contribution in [-0.4, -0.2) is 67.9 Å². The lowest BCUT2D eigenvalue weighted by Crippen LogP contribution is -2.59. The van der Waals surface area contributed by atoms with Crippen LogP contribution in [0.15, 0.2) is 43.0 Å². The van der Waals surface area contributed by atoms with Crippen LogP contribution >= 0.6 is 0 Å². The second kappa shape index (κ2) is 12.9. The second-order valence-corrected chi connectivity index (χ2v) is 9.47. The Balaban J connectivity index is 1.81. The highest BCUT2D eigenvalue weighted by Gasteiger charge is 2.33. The number of carboxylic acids is 1. The number of aliphatic carboxylic acids is 1. The molecule has 3 aromatic rings. The first-order valence-electron chi connectivity index (χ1n) is 12.5. The Bertz CT molecular complexity index is 1250. The van der Waals surface area contributed by atoms with Crippen molar-refractivity contribution < 1.29 is 24.3 Å². The first-order valence-corrected chi connectivity index (χ1v) is 12.5. The smallest absolute Gasteiger partial charge is 0.326 e. The van der Waals surface area contributed by atoms with Crippen LogP contribution in [0.5, 0.6) is 0 Å². The summed E-state index contributed by atoms with van der Waals surface area (Å²) in [5.41, 5.74) is 7.96. The van der Waals surface area contributed by atoms with Gasteiger partial charge in [0, 0.05) is 41.8 Å². The largest absolute Gasteiger partial charge is 0.480 e. The molecule has 2 heterocycles. The fourth-order valence-electron chi connectivity index (χ4n) is 4.07. The summed E-state index contributed by atoms with van der Waals surface area (Å²) in [6.07, 6.45) is 5.36. The van der Waals surface area contributed by atoms with Crippen LogP contribution in [0.25, 0.3) is 10.9 Å². The van der Waals surface area contributed by atoms with Gasteiger partial charge in [-0.3, -0.25) is 14.4 Å². The van der Waals surface area contributed by atoms with Crippen LogP contribution in [0.2, 0.25) is 0 Å². The number of hydrogen-bond acceptors (Lipinski definition) is 6. The van der Waals surface area contributed by atoms with Crippen molar-refractivity contribution in [2.24, 2.45) is 11.7 Å². The molecule has 0 saturated carbocycles. The minimum absolute atomic E-state index is 0.00409. The molecule has 3 amide bonds. The molecule has 1 aromatic carbocycles. The molecule has 0 aliphatic heterocycles. The van der Waals surface area contributed by atoms with Gasteiger partial charge in [0.05, 0.1) is 12.4 Å². The number of H-pyrrole nitrogens is 2. The number of hydrogen-bond donors (Lipinski definition) is 7. The standard InChI is InChI=1S/C26H35N7O5/c1-4-14(2)22(25(36)32-21(26(37)38)10-17-12-28-13-30-17)33-24(35)20(31-23(34)15(3)27)9-16-11-29-19-8-6-5-7-18(16)19/h5-8,11-15,20-22,29H,4,9-10,27H2,1-3H3,(H,28,30)(H,31,34)(H,32,36)(H,33,35)(H,37,38). The van der Waals surface area contributed by atoms with Crippen LogP contribution in [0.3, 0.4) is 0 Å². The van der Waals surface area contributed by atoms with Gasteiger partial charge in [-0.05, 0) is 24.5 Å². The summed E-state index contributed by atoms with van der Waals surface area (Å²) in [4.78, 5) is 60.8. The van der Waals surface area contributed by atoms with Gasteiger partial charge in [0.25, 0.3) is 0 Å². The molecule has 5 atom stereocenters. The van der Waals surface area contributed by atoms with Crippen molar-refractivity contribution in [1.82, 2.24) is 30.9 Å². The van der Waals surface area contributed by atoms with Crippen molar-refractivity contribution in [3.05, 3.63) is 54.2 Å². The van der Waals surface area contributed by atoms with Crippen molar-refractivity contribution in [3.8, 4) is 0 Å². The van der Waals surface area contributed by atoms with Gasteiger partial charge >= 0.3 is 5.97 Å². The van der Waals surface area contributed by atoms with E-state index >= 15 is 0 Å². The molecule has 0 fully saturated rings. The number of benzene rings is 1. The maximum atomic E-state index is 13.5. The fourth-order valence-corrected chi connectivity index (χ4v) is 4.07. The molecule has 0 aliphatic carbocycles. The maximum absolute atomic E-state index is 13.5. The minimum atomic E-state index is -1.23. The summed E-state index contributed by atoms with van der Waals surface area (Å²) in [5, 5.41) is 18.5. The average Bonchev–Trinajstić information content (AvgIpc) is 3.55. The van der Waals surface area contributed by atoms with Gasteiger partial charge in [0.15, 0.2) is 0 Å². The van der Waals surface area contributed by atoms with Gasteiger partial charge in [0.2, 0.25) is 17.7 Å². The number of carbonyl (C=O) groups is 4. The summed E-state index contributed by atoms with van der Waals surface area (Å²) in [6.45, 7) is 5.15. The molecule has 204 valence electrons. The Labute approximate surface area is 220 Å². The number of nitrogens with zero attached hydrogens (tertiary/aromatic N) is 1. The summed E-state index contributed by atoms with van der Waals surface area (Å²) >= 11 is 0. The Hall–Kier alpha value is -4.19. The number of para-hydroxylation sites is 1. The van der Waals surface area contributed by atoms with Crippen LogP contribution < -0.4 is 21.7 Å². The quantitative estimate of drug-likeness (QED) is 0.170. The van der Waals surface area contributed by atoms with E-state index in [0.29, 0.717) is 12.1 Å². The molecule has 0 spiro atoms. The average molecular weight is 526 g/mol. The molecule has 0 radical (unpaired) electrons. The zero-order valence-corrected chi connectivity index (χ0v) is 21.7. The van der Waals surface area contributed by atoms with Gasteiger partial charge in [-0.1, -0.05) is 38.5 Å². The van der Waals surface area contributed by atoms with Gasteiger partial charge < -0.3 is 36.8 Å². The Kier molecular flexibility index (Phi) is 9.61. The zero-order chi connectivity index (χ0) is 27.8. The lowest BCUT2D eigenvalue weighted by atomic mass is 9.96. The summed E-state index contributed by atoms with van der Waals surface area (Å²) in [6, 6.07) is 3.44. The van der Waals surface area contributed by atoms with E-state index in [1.807, 2.05) is 31.2 Å². The van der Waals surface area contributed by atoms with Crippen molar-refractivity contribution in [3.63, 3.8) is 0 Å². The zero-order valence-electron chi connectivity index (χ0n) is 21.7. The SMILES string of the molecule is CCC(C)C(NC(=O)C(Cc1c[nH]c2ccccc12)NC(=O)C(C)N)C(=O)NC(Cc1cnc[nH]1)C(=O)O. The maximum Gasteiger partial charge on any atom is 0.326 e. The Morgan fingerprint density at radius 3 is 2.32 bits per heavy atom. The van der Waals surface area contributed by atoms with Gasteiger partial charge in [0.1, 0.15) is 18.1 Å². The number of nitrogens with one attached hydrogen (secondary N) is 5. The van der Waals surface area contributed by atoms with E-state index in [-0.39, 0.29) is 18.8 Å². The van der Waals surface area contributed by atoms with E-state index in [1.165, 1.54) is 19.4 Å². The van der Waals surface area contributed by atoms with Gasteiger partial charge in [-0.2, -0.15) is 0 Å². The van der Waals surface area contributed by atoms with Crippen molar-refractivity contribution in [2.75, 3.05) is 0 Å². The summed E-state index contributed by atoms with van der Waals surface area (Å²) in [5.74, 6) is -3.27. The monoisotopic (exact) mass is 525 g/mol. The third kappa shape index (κ3) is 7.19. The molecule has 8 N–H and O–H groups in total. The number of fused-ring (bicyclic) bond motifs is 1. The first-order chi connectivity index (χ1) is 18.1. The first kappa shape index (κ1) is 28.4. The van der Waals surface area contributed by atoms with Crippen LogP contribution in [-0.2, 0) is 32.0 Å². The predicted octanol–water partition coefficient (Wildman–Crippen LogP) is 0.609. The molecule has 3 rings (SSSR count). The number of carbonyl (C=O) groups excluding carboxylic acids is 3. The van der Waals surface area contributed by atoms with E-state index in [2.05, 4.69) is 30.9 Å². The third-order valence-electron chi connectivity index (χ3n) is 6.53. The highest BCUT2D eigenvalue weighted by Crippen LogP contribution is 2.19. The third-order valence-corrected chi connectivity index (χ3v) is 6.53. The minimum Gasteiger partial charge on any atom is -0.480 e. The number of rotatable bonds is 13. The molecule has 5 unspecified atom stereocenters. The van der Waals surface area contributed by atoms with E-state index in [4.69, 9.17) is 5.73 Å². The van der Waals surface area contributed by atoms with Crippen LogP contribution in [0.4, 0.5) is 0 Å². The van der Waals surface area contributed by atoms with Gasteiger partial charge in [-0.25, -0.2) is 9.78 Å². The van der Waals surface area contributed by atoms with E-state index in [9.17, 15) is 24.3 Å². The highest BCUT2D eigenvalue weighted by molar-refractivity contribution is 5.95. The Morgan fingerprint density at radius 2 is 1.68 bits per heavy atom. The normalized spacial score (nSPS) is 15.2. The molecule has 0 saturated heterocycles. The second-order valence-electron chi connectivity index (χ2n) is 9.47. The number of carboxylic acid groups (broad SMARTS) is 1. The number of amides is 3. The van der Waals surface area contributed by atoms with E-state index < -0.39 is 47.9 Å². The topological polar surface area (TPSA) is 195 Å². The van der Waals surface area contributed by atoms with Crippen molar-refractivity contribution >= 4 is 34.6 Å². The molecule has 38 heavy (non-hydrogen) atoms. The highest BCUT2D eigenvalue weighted by atomic mass is 16.4. The Morgan fingerprint density at radius 1 is 0.974 bits per heavy atom. The molecular weight excluding hydrogens is 490 g/mol. The molecule has 0 aliphatic rings. The van der Waals surface area contributed by atoms with E-state index in [0.717, 1.165) is 16.5 Å². The van der Waals surface area contributed by atoms with Gasteiger partial charge in [-0.15, -0.1) is 0 Å². The summed E-state index contributed by atoms with van der Waals surface area (Å²) in [7, 11) is 0. The van der Waals surface area contributed by atoms with Crippen LogP contribution in [0.1, 0.15) is 38.4 Å². The van der Waals surface area contributed by atoms with Crippen LogP contribution in [0, 0.1) is 5.92 Å². The predicted molar refractivity (Wildman–Crippen MR) is 141 cm³/mol. The molecule has 12 heteroatoms. The number of aromatic amines is 2. The van der Waals surface area contributed by atoms with Crippen molar-refractivity contribution in [2.45, 2.75) is 64.2 Å². The fraction of sp³-hybridized carbons (Fsp3) is 0.423. The lowest BCUT2D eigenvalue weighted by molar-refractivity contribution is -0.142. The molecule has 2 aromatic heterocycles. The molecule has 12 nitrogen and oxygen atoms in total. The number of nitrogens with two attached hydrogens (primary N) is 1. The lowest BCUT2D eigenvalue weighted by Gasteiger charge is -2.28. The van der Waals surface area contributed by atoms with Crippen molar-refractivity contribution in [1.29, 1.82) is 0 Å².